The average Bonchev–Trinajstić information content (AvgIpc) is 2.76. The summed E-state index contributed by atoms with van der Waals surface area (Å²) in [7, 11) is 0. The maximum atomic E-state index is 13.1. The number of fused-ring (bicyclic) bond motifs is 1. The molecule has 5 nitrogen and oxygen atoms in total. The van der Waals surface area contributed by atoms with Crippen LogP contribution < -0.4 is 11.0 Å². The second kappa shape index (κ2) is 8.65. The SMILES string of the molecule is O=C(C=Cc1ccc(Br)cc1)Nn1c(-c2ccc(Cl)cc2)nc2ccccc2c1=O. The summed E-state index contributed by atoms with van der Waals surface area (Å²) < 4.78 is 2.12. The number of para-hydroxylation sites is 1. The van der Waals surface area contributed by atoms with Gasteiger partial charge >= 0.3 is 0 Å². The highest BCUT2D eigenvalue weighted by atomic mass is 79.9. The molecule has 30 heavy (non-hydrogen) atoms. The van der Waals surface area contributed by atoms with Gasteiger partial charge in [-0.15, -0.1) is 0 Å². The third-order valence-corrected chi connectivity index (χ3v) is 5.18. The molecule has 0 radical (unpaired) electrons. The number of nitrogens with zero attached hydrogens (tertiary/aromatic N) is 2. The van der Waals surface area contributed by atoms with E-state index in [1.165, 1.54) is 10.8 Å². The van der Waals surface area contributed by atoms with Crippen LogP contribution in [-0.4, -0.2) is 15.6 Å². The lowest BCUT2D eigenvalue weighted by atomic mass is 10.2. The van der Waals surface area contributed by atoms with Crippen LogP contribution in [0.15, 0.2) is 88.1 Å². The van der Waals surface area contributed by atoms with Crippen molar-refractivity contribution in [1.29, 1.82) is 0 Å². The number of benzene rings is 3. The Morgan fingerprint density at radius 3 is 2.43 bits per heavy atom. The topological polar surface area (TPSA) is 64.0 Å². The van der Waals surface area contributed by atoms with Gasteiger partial charge in [0.1, 0.15) is 0 Å². The van der Waals surface area contributed by atoms with E-state index < -0.39 is 5.91 Å². The molecule has 0 unspecified atom stereocenters. The number of hydrogen-bond donors (Lipinski definition) is 1. The number of carbonyl (C=O) groups excluding carboxylic acids is 1. The van der Waals surface area contributed by atoms with E-state index in [9.17, 15) is 9.59 Å². The molecule has 0 saturated carbocycles. The first-order valence-electron chi connectivity index (χ1n) is 9.04. The van der Waals surface area contributed by atoms with Crippen molar-refractivity contribution in [3.8, 4) is 11.4 Å². The first kappa shape index (κ1) is 20.1. The molecule has 0 fully saturated rings. The second-order valence-corrected chi connectivity index (χ2v) is 7.81. The van der Waals surface area contributed by atoms with Gasteiger partial charge in [0.25, 0.3) is 11.5 Å². The highest BCUT2D eigenvalue weighted by Crippen LogP contribution is 2.20. The number of amides is 1. The Kier molecular flexibility index (Phi) is 5.79. The zero-order valence-corrected chi connectivity index (χ0v) is 17.9. The zero-order chi connectivity index (χ0) is 21.1. The van der Waals surface area contributed by atoms with Crippen molar-refractivity contribution in [3.63, 3.8) is 0 Å². The van der Waals surface area contributed by atoms with Crippen molar-refractivity contribution in [2.45, 2.75) is 0 Å². The summed E-state index contributed by atoms with van der Waals surface area (Å²) in [5.41, 5.74) is 4.33. The zero-order valence-electron chi connectivity index (χ0n) is 15.5. The van der Waals surface area contributed by atoms with Crippen LogP contribution >= 0.6 is 27.5 Å². The van der Waals surface area contributed by atoms with Crippen molar-refractivity contribution >= 4 is 50.4 Å². The van der Waals surface area contributed by atoms with E-state index >= 15 is 0 Å². The first-order chi connectivity index (χ1) is 14.5. The summed E-state index contributed by atoms with van der Waals surface area (Å²) in [4.78, 5) is 30.2. The summed E-state index contributed by atoms with van der Waals surface area (Å²) in [5, 5.41) is 0.974. The van der Waals surface area contributed by atoms with Crippen LogP contribution in [0.25, 0.3) is 28.4 Å². The van der Waals surface area contributed by atoms with Crippen LogP contribution in [0.4, 0.5) is 0 Å². The maximum Gasteiger partial charge on any atom is 0.280 e. The van der Waals surface area contributed by atoms with Crippen LogP contribution in [0.1, 0.15) is 5.56 Å². The fourth-order valence-electron chi connectivity index (χ4n) is 2.92. The van der Waals surface area contributed by atoms with Crippen molar-refractivity contribution in [3.05, 3.63) is 104 Å². The molecule has 148 valence electrons. The van der Waals surface area contributed by atoms with E-state index in [0.717, 1.165) is 10.0 Å². The molecule has 0 bridgehead atoms. The molecule has 1 amide bonds. The Bertz CT molecular complexity index is 1310. The number of halogens is 2. The summed E-state index contributed by atoms with van der Waals surface area (Å²) in [5.74, 6) is -0.131. The Hall–Kier alpha value is -3.22. The number of aromatic nitrogens is 2. The number of carbonyl (C=O) groups is 1. The summed E-state index contributed by atoms with van der Waals surface area (Å²) in [6, 6.07) is 21.4. The standard InChI is InChI=1S/C23H15BrClN3O2/c24-17-10-5-15(6-11-17)7-14-21(29)27-28-22(16-8-12-18(25)13-9-16)26-20-4-2-1-3-19(20)23(28)30/h1-14H,(H,27,29). The monoisotopic (exact) mass is 479 g/mol. The molecule has 0 atom stereocenters. The van der Waals surface area contributed by atoms with Gasteiger partial charge in [-0.3, -0.25) is 15.0 Å². The number of hydrogen-bond acceptors (Lipinski definition) is 3. The smallest absolute Gasteiger partial charge is 0.268 e. The fraction of sp³-hybridized carbons (Fsp3) is 0. The molecule has 0 aliphatic heterocycles. The minimum atomic E-state index is -0.452. The predicted molar refractivity (Wildman–Crippen MR) is 124 cm³/mol. The van der Waals surface area contributed by atoms with Crippen LogP contribution in [0.5, 0.6) is 0 Å². The van der Waals surface area contributed by atoms with Crippen molar-refractivity contribution < 1.29 is 4.79 Å². The van der Waals surface area contributed by atoms with Crippen molar-refractivity contribution in [2.75, 3.05) is 5.43 Å². The Morgan fingerprint density at radius 1 is 1.00 bits per heavy atom. The maximum absolute atomic E-state index is 13.1. The highest BCUT2D eigenvalue weighted by Gasteiger charge is 2.14. The van der Waals surface area contributed by atoms with E-state index in [0.29, 0.717) is 27.3 Å². The molecule has 7 heteroatoms. The Labute approximate surface area is 185 Å². The lowest BCUT2D eigenvalue weighted by Crippen LogP contribution is -2.34. The van der Waals surface area contributed by atoms with Crippen molar-refractivity contribution in [2.24, 2.45) is 0 Å². The van der Waals surface area contributed by atoms with Crippen LogP contribution in [0, 0.1) is 0 Å². The molecule has 1 aromatic heterocycles. The summed E-state index contributed by atoms with van der Waals surface area (Å²) in [6.45, 7) is 0. The van der Waals surface area contributed by atoms with Crippen LogP contribution in [0.3, 0.4) is 0 Å². The van der Waals surface area contributed by atoms with Crippen molar-refractivity contribution in [1.82, 2.24) is 9.66 Å². The fourth-order valence-corrected chi connectivity index (χ4v) is 3.31. The molecular formula is C23H15BrClN3O2. The van der Waals surface area contributed by atoms with Gasteiger partial charge in [-0.05, 0) is 60.2 Å². The molecule has 0 aliphatic rings. The largest absolute Gasteiger partial charge is 0.280 e. The first-order valence-corrected chi connectivity index (χ1v) is 10.2. The molecule has 1 N–H and O–H groups in total. The van der Waals surface area contributed by atoms with E-state index in [4.69, 9.17) is 11.6 Å². The second-order valence-electron chi connectivity index (χ2n) is 6.46. The number of nitrogens with one attached hydrogen (secondary N) is 1. The van der Waals surface area contributed by atoms with Gasteiger partial charge in [-0.25, -0.2) is 4.98 Å². The normalized spacial score (nSPS) is 11.1. The molecule has 3 aromatic carbocycles. The quantitative estimate of drug-likeness (QED) is 0.405. The van der Waals surface area contributed by atoms with Gasteiger partial charge < -0.3 is 0 Å². The Balaban J connectivity index is 1.74. The molecule has 0 saturated heterocycles. The lowest BCUT2D eigenvalue weighted by Gasteiger charge is -2.13. The van der Waals surface area contributed by atoms with Gasteiger partial charge in [0.05, 0.1) is 10.9 Å². The molecule has 4 rings (SSSR count). The van der Waals surface area contributed by atoms with Gasteiger partial charge in [-0.1, -0.05) is 51.8 Å². The molecule has 1 heterocycles. The minimum Gasteiger partial charge on any atom is -0.268 e. The van der Waals surface area contributed by atoms with Gasteiger partial charge in [0.15, 0.2) is 5.82 Å². The summed E-state index contributed by atoms with van der Waals surface area (Å²) in [6.07, 6.45) is 3.04. The number of rotatable bonds is 4. The third-order valence-electron chi connectivity index (χ3n) is 4.40. The predicted octanol–water partition coefficient (Wildman–Crippen LogP) is 5.26. The van der Waals surface area contributed by atoms with Gasteiger partial charge in [0.2, 0.25) is 0 Å². The van der Waals surface area contributed by atoms with E-state index in [1.807, 2.05) is 30.3 Å². The van der Waals surface area contributed by atoms with Crippen LogP contribution in [0.2, 0.25) is 5.02 Å². The third kappa shape index (κ3) is 4.35. The molecular weight excluding hydrogens is 466 g/mol. The van der Waals surface area contributed by atoms with Crippen LogP contribution in [-0.2, 0) is 4.79 Å². The lowest BCUT2D eigenvalue weighted by molar-refractivity contribution is -0.112. The molecule has 0 aliphatic carbocycles. The van der Waals surface area contributed by atoms with E-state index in [2.05, 4.69) is 26.3 Å². The van der Waals surface area contributed by atoms with E-state index in [-0.39, 0.29) is 5.56 Å². The van der Waals surface area contributed by atoms with E-state index in [1.54, 1.807) is 48.5 Å². The van der Waals surface area contributed by atoms with Gasteiger partial charge in [-0.2, -0.15) is 4.68 Å². The molecule has 0 spiro atoms. The molecule has 4 aromatic rings. The Morgan fingerprint density at radius 2 is 1.70 bits per heavy atom. The highest BCUT2D eigenvalue weighted by molar-refractivity contribution is 9.10. The average molecular weight is 481 g/mol. The summed E-state index contributed by atoms with van der Waals surface area (Å²) >= 11 is 9.36. The minimum absolute atomic E-state index is 0.320. The van der Waals surface area contributed by atoms with Gasteiger partial charge in [0, 0.05) is 21.1 Å².